The van der Waals surface area contributed by atoms with E-state index in [1.165, 1.54) is 0 Å². The lowest BCUT2D eigenvalue weighted by Gasteiger charge is -2.16. The number of aromatic nitrogens is 1. The van der Waals surface area contributed by atoms with Crippen LogP contribution in [0.3, 0.4) is 0 Å². The number of hydrogen-bond acceptors (Lipinski definition) is 2. The van der Waals surface area contributed by atoms with Gasteiger partial charge in [0.15, 0.2) is 12.4 Å². The standard InChI is InChI=1S/C18H15N2O/c1-21-15-10-14-8-5-9-20-12-17(13-6-3-2-4-7-13)19-16(11-15)18(14)20/h2-12,19H,1H3/q+1. The summed E-state index contributed by atoms with van der Waals surface area (Å²) in [5.41, 5.74) is 4.47. The number of nitrogens with one attached hydrogen (secondary N) is 1. The fraction of sp³-hybridized carbons (Fsp3) is 0.0556. The fourth-order valence-electron chi connectivity index (χ4n) is 2.76. The molecule has 21 heavy (non-hydrogen) atoms. The molecule has 0 unspecified atom stereocenters. The number of hydrogen-bond donors (Lipinski definition) is 1. The van der Waals surface area contributed by atoms with Gasteiger partial charge in [-0.15, -0.1) is 0 Å². The molecule has 1 aromatic heterocycles. The van der Waals surface area contributed by atoms with E-state index in [1.807, 2.05) is 24.3 Å². The maximum Gasteiger partial charge on any atom is 0.241 e. The first-order valence-corrected chi connectivity index (χ1v) is 6.91. The van der Waals surface area contributed by atoms with Gasteiger partial charge < -0.3 is 10.1 Å². The minimum Gasteiger partial charge on any atom is -0.497 e. The van der Waals surface area contributed by atoms with E-state index < -0.39 is 0 Å². The minimum absolute atomic E-state index is 0.858. The fourth-order valence-corrected chi connectivity index (χ4v) is 2.76. The van der Waals surface area contributed by atoms with Crippen LogP contribution >= 0.6 is 0 Å². The van der Waals surface area contributed by atoms with Gasteiger partial charge in [0.25, 0.3) is 0 Å². The Morgan fingerprint density at radius 2 is 1.86 bits per heavy atom. The first-order chi connectivity index (χ1) is 10.3. The van der Waals surface area contributed by atoms with Crippen LogP contribution in [0.25, 0.3) is 22.8 Å². The topological polar surface area (TPSA) is 25.1 Å². The molecule has 0 bridgehead atoms. The highest BCUT2D eigenvalue weighted by Gasteiger charge is 2.21. The lowest BCUT2D eigenvalue weighted by Crippen LogP contribution is -2.31. The van der Waals surface area contributed by atoms with E-state index in [0.717, 1.165) is 33.6 Å². The highest BCUT2D eigenvalue weighted by molar-refractivity contribution is 5.97. The number of rotatable bonds is 2. The van der Waals surface area contributed by atoms with Crippen LogP contribution in [0.5, 0.6) is 5.75 Å². The summed E-state index contributed by atoms with van der Waals surface area (Å²) in [7, 11) is 1.70. The van der Waals surface area contributed by atoms with E-state index in [1.54, 1.807) is 7.11 Å². The molecule has 1 aliphatic rings. The van der Waals surface area contributed by atoms with Crippen LogP contribution in [-0.4, -0.2) is 7.11 Å². The first-order valence-electron chi connectivity index (χ1n) is 6.91. The van der Waals surface area contributed by atoms with Crippen molar-refractivity contribution in [2.24, 2.45) is 0 Å². The summed E-state index contributed by atoms with van der Waals surface area (Å²) in [6.07, 6.45) is 4.19. The molecule has 1 N–H and O–H groups in total. The molecule has 0 aliphatic carbocycles. The van der Waals surface area contributed by atoms with E-state index in [2.05, 4.69) is 52.6 Å². The molecule has 3 heteroatoms. The number of benzene rings is 2. The molecule has 0 spiro atoms. The van der Waals surface area contributed by atoms with Gasteiger partial charge in [0.05, 0.1) is 12.5 Å². The highest BCUT2D eigenvalue weighted by atomic mass is 16.5. The van der Waals surface area contributed by atoms with Gasteiger partial charge in [-0.2, -0.15) is 4.57 Å². The van der Waals surface area contributed by atoms with Crippen LogP contribution in [0.4, 0.5) is 5.69 Å². The predicted octanol–water partition coefficient (Wildman–Crippen LogP) is 3.52. The lowest BCUT2D eigenvalue weighted by atomic mass is 10.1. The van der Waals surface area contributed by atoms with Crippen LogP contribution in [0.2, 0.25) is 0 Å². The largest absolute Gasteiger partial charge is 0.497 e. The van der Waals surface area contributed by atoms with Crippen LogP contribution in [-0.2, 0) is 0 Å². The third-order valence-corrected chi connectivity index (χ3v) is 3.75. The Balaban J connectivity index is 1.95. The Labute approximate surface area is 123 Å². The Morgan fingerprint density at radius 3 is 2.67 bits per heavy atom. The third-order valence-electron chi connectivity index (χ3n) is 3.75. The molecule has 3 aromatic rings. The van der Waals surface area contributed by atoms with E-state index in [4.69, 9.17) is 4.74 Å². The van der Waals surface area contributed by atoms with Gasteiger partial charge in [-0.25, -0.2) is 0 Å². The van der Waals surface area contributed by atoms with Crippen LogP contribution in [0, 0.1) is 0 Å². The zero-order chi connectivity index (χ0) is 14.2. The summed E-state index contributed by atoms with van der Waals surface area (Å²) in [6.45, 7) is 0. The molecule has 102 valence electrons. The molecule has 0 fully saturated rings. The lowest BCUT2D eigenvalue weighted by molar-refractivity contribution is -0.538. The van der Waals surface area contributed by atoms with Crippen molar-refractivity contribution in [1.82, 2.24) is 0 Å². The Kier molecular flexibility index (Phi) is 2.64. The number of ether oxygens (including phenoxy) is 1. The van der Waals surface area contributed by atoms with E-state index >= 15 is 0 Å². The van der Waals surface area contributed by atoms with Gasteiger partial charge in [0.1, 0.15) is 17.1 Å². The number of pyridine rings is 1. The van der Waals surface area contributed by atoms with E-state index in [9.17, 15) is 0 Å². The molecule has 2 aromatic carbocycles. The molecular formula is C18H15N2O+. The Hall–Kier alpha value is -2.81. The number of anilines is 1. The zero-order valence-corrected chi connectivity index (χ0v) is 11.7. The van der Waals surface area contributed by atoms with Gasteiger partial charge in [-0.1, -0.05) is 30.3 Å². The number of nitrogens with zero attached hydrogens (tertiary/aromatic N) is 1. The van der Waals surface area contributed by atoms with Crippen molar-refractivity contribution >= 4 is 28.5 Å². The van der Waals surface area contributed by atoms with E-state index in [0.29, 0.717) is 0 Å². The predicted molar refractivity (Wildman–Crippen MR) is 84.9 cm³/mol. The van der Waals surface area contributed by atoms with Gasteiger partial charge >= 0.3 is 0 Å². The SMILES string of the molecule is COc1cc2c3c(ccc[n+]3C=C(c3ccccc3)N2)c1. The van der Waals surface area contributed by atoms with Crippen molar-refractivity contribution < 1.29 is 9.30 Å². The van der Waals surface area contributed by atoms with Crippen LogP contribution in [0.15, 0.2) is 60.8 Å². The summed E-state index contributed by atoms with van der Waals surface area (Å²) < 4.78 is 7.56. The van der Waals surface area contributed by atoms with Gasteiger partial charge in [0, 0.05) is 17.7 Å². The van der Waals surface area contributed by atoms with Crippen molar-refractivity contribution in [1.29, 1.82) is 0 Å². The molecule has 3 nitrogen and oxygen atoms in total. The maximum absolute atomic E-state index is 5.40. The highest BCUT2D eigenvalue weighted by Crippen LogP contribution is 2.32. The van der Waals surface area contributed by atoms with Crippen molar-refractivity contribution in [2.45, 2.75) is 0 Å². The quantitative estimate of drug-likeness (QED) is 0.724. The molecular weight excluding hydrogens is 260 g/mol. The van der Waals surface area contributed by atoms with Gasteiger partial charge in [-0.3, -0.25) is 0 Å². The normalized spacial score (nSPS) is 12.7. The summed E-state index contributed by atoms with van der Waals surface area (Å²) >= 11 is 0. The van der Waals surface area contributed by atoms with Gasteiger partial charge in [-0.05, 0) is 12.1 Å². The summed E-state index contributed by atoms with van der Waals surface area (Å²) in [5, 5.41) is 4.67. The molecule has 2 heterocycles. The smallest absolute Gasteiger partial charge is 0.241 e. The van der Waals surface area contributed by atoms with Crippen molar-refractivity contribution in [3.8, 4) is 5.75 Å². The molecule has 0 saturated heterocycles. The Bertz CT molecular complexity index is 854. The maximum atomic E-state index is 5.40. The summed E-state index contributed by atoms with van der Waals surface area (Å²) in [6, 6.07) is 18.6. The monoisotopic (exact) mass is 275 g/mol. The third kappa shape index (κ3) is 1.94. The first kappa shape index (κ1) is 12.0. The minimum atomic E-state index is 0.858. The molecule has 1 aliphatic heterocycles. The number of methoxy groups -OCH3 is 1. The molecule has 0 amide bonds. The van der Waals surface area contributed by atoms with Crippen molar-refractivity contribution in [3.63, 3.8) is 0 Å². The Morgan fingerprint density at radius 1 is 1.00 bits per heavy atom. The average Bonchev–Trinajstić information content (AvgIpc) is 2.55. The summed E-state index contributed by atoms with van der Waals surface area (Å²) in [4.78, 5) is 0. The summed E-state index contributed by atoms with van der Waals surface area (Å²) in [5.74, 6) is 0.858. The molecule has 4 rings (SSSR count). The van der Waals surface area contributed by atoms with Crippen molar-refractivity contribution in [3.05, 3.63) is 66.4 Å². The molecule has 0 radical (unpaired) electrons. The average molecular weight is 275 g/mol. The van der Waals surface area contributed by atoms with Crippen molar-refractivity contribution in [2.75, 3.05) is 12.4 Å². The van der Waals surface area contributed by atoms with E-state index in [-0.39, 0.29) is 0 Å². The molecule has 0 saturated carbocycles. The second-order valence-electron chi connectivity index (χ2n) is 5.06. The second-order valence-corrected chi connectivity index (χ2v) is 5.06. The zero-order valence-electron chi connectivity index (χ0n) is 11.7. The second kappa shape index (κ2) is 4.63. The van der Waals surface area contributed by atoms with Gasteiger partial charge in [0.2, 0.25) is 5.52 Å². The van der Waals surface area contributed by atoms with Crippen LogP contribution < -0.4 is 14.6 Å². The molecule has 0 atom stereocenters. The van der Waals surface area contributed by atoms with Crippen LogP contribution in [0.1, 0.15) is 5.56 Å².